The number of benzene rings is 2. The molecule has 2 amide bonds. The maximum Gasteiger partial charge on any atom is 0.318 e. The van der Waals surface area contributed by atoms with Gasteiger partial charge in [0.15, 0.2) is 5.78 Å². The topological polar surface area (TPSA) is 100 Å². The van der Waals surface area contributed by atoms with E-state index in [1.54, 1.807) is 35.2 Å². The van der Waals surface area contributed by atoms with Crippen LogP contribution in [0.15, 0.2) is 48.5 Å². The molecule has 0 radical (unpaired) electrons. The van der Waals surface area contributed by atoms with E-state index in [0.29, 0.717) is 42.9 Å². The average Bonchev–Trinajstić information content (AvgIpc) is 2.81. The summed E-state index contributed by atoms with van der Waals surface area (Å²) < 4.78 is 0. The molecule has 1 heterocycles. The molecule has 0 saturated carbocycles. The molecular formula is C25H27N5O2. The lowest BCUT2D eigenvalue weighted by Crippen LogP contribution is -2.57. The minimum atomic E-state index is -0.708. The number of piperazine rings is 1. The van der Waals surface area contributed by atoms with E-state index in [1.165, 1.54) is 0 Å². The van der Waals surface area contributed by atoms with Crippen molar-refractivity contribution < 1.29 is 9.59 Å². The quantitative estimate of drug-likeness (QED) is 0.749. The molecule has 7 nitrogen and oxygen atoms in total. The summed E-state index contributed by atoms with van der Waals surface area (Å²) in [4.78, 5) is 30.0. The molecule has 0 spiro atoms. The first kappa shape index (κ1) is 22.8. The fourth-order valence-corrected chi connectivity index (χ4v) is 3.76. The van der Waals surface area contributed by atoms with Crippen LogP contribution in [0, 0.1) is 28.1 Å². The minimum absolute atomic E-state index is 0.183. The van der Waals surface area contributed by atoms with E-state index in [1.807, 2.05) is 45.0 Å². The van der Waals surface area contributed by atoms with E-state index in [-0.39, 0.29) is 11.8 Å². The van der Waals surface area contributed by atoms with E-state index < -0.39 is 11.5 Å². The second-order valence-electron chi connectivity index (χ2n) is 8.90. The van der Waals surface area contributed by atoms with E-state index in [2.05, 4.69) is 16.3 Å². The van der Waals surface area contributed by atoms with Crippen molar-refractivity contribution in [3.05, 3.63) is 65.2 Å². The van der Waals surface area contributed by atoms with Crippen molar-refractivity contribution in [3.8, 4) is 12.1 Å². The SMILES string of the molecule is CC(C)(C)C(NC(=O)N1CCN(c2ccccc2C#N)CC1)C(=O)c1ccc(C#N)cc1. The molecule has 1 saturated heterocycles. The zero-order valence-electron chi connectivity index (χ0n) is 18.6. The Morgan fingerprint density at radius 3 is 2.12 bits per heavy atom. The smallest absolute Gasteiger partial charge is 0.318 e. The molecule has 1 atom stereocenters. The highest BCUT2D eigenvalue weighted by molar-refractivity contribution is 6.02. The van der Waals surface area contributed by atoms with E-state index in [0.717, 1.165) is 5.69 Å². The second-order valence-corrected chi connectivity index (χ2v) is 8.90. The van der Waals surface area contributed by atoms with Crippen molar-refractivity contribution in [1.82, 2.24) is 10.2 Å². The Morgan fingerprint density at radius 2 is 1.56 bits per heavy atom. The van der Waals surface area contributed by atoms with E-state index in [4.69, 9.17) is 5.26 Å². The van der Waals surface area contributed by atoms with Gasteiger partial charge in [0, 0.05) is 31.7 Å². The summed E-state index contributed by atoms with van der Waals surface area (Å²) in [6.07, 6.45) is 0. The van der Waals surface area contributed by atoms with Crippen LogP contribution < -0.4 is 10.2 Å². The zero-order chi connectivity index (χ0) is 23.3. The van der Waals surface area contributed by atoms with Gasteiger partial charge in [-0.1, -0.05) is 45.0 Å². The van der Waals surface area contributed by atoms with Crippen molar-refractivity contribution in [2.75, 3.05) is 31.1 Å². The van der Waals surface area contributed by atoms with Crippen LogP contribution in [0.2, 0.25) is 0 Å². The number of hydrogen-bond acceptors (Lipinski definition) is 5. The molecule has 3 rings (SSSR count). The van der Waals surface area contributed by atoms with Crippen LogP contribution in [0.1, 0.15) is 42.3 Å². The predicted molar refractivity (Wildman–Crippen MR) is 122 cm³/mol. The van der Waals surface area contributed by atoms with Gasteiger partial charge in [-0.2, -0.15) is 10.5 Å². The van der Waals surface area contributed by atoms with Gasteiger partial charge in [0.1, 0.15) is 6.07 Å². The number of anilines is 1. The number of nitrogens with one attached hydrogen (secondary N) is 1. The van der Waals surface area contributed by atoms with Crippen molar-refractivity contribution in [3.63, 3.8) is 0 Å². The van der Waals surface area contributed by atoms with Crippen LogP contribution in [-0.4, -0.2) is 48.9 Å². The van der Waals surface area contributed by atoms with Gasteiger partial charge in [0.05, 0.1) is 28.9 Å². The Morgan fingerprint density at radius 1 is 0.938 bits per heavy atom. The molecule has 1 fully saturated rings. The Hall–Kier alpha value is -3.84. The largest absolute Gasteiger partial charge is 0.367 e. The molecule has 0 bridgehead atoms. The number of ketones is 1. The number of hydrogen-bond donors (Lipinski definition) is 1. The summed E-state index contributed by atoms with van der Waals surface area (Å²) in [6.45, 7) is 7.94. The predicted octanol–water partition coefficient (Wildman–Crippen LogP) is 3.56. The molecular weight excluding hydrogens is 402 g/mol. The van der Waals surface area contributed by atoms with Crippen molar-refractivity contribution in [2.24, 2.45) is 5.41 Å². The number of urea groups is 1. The Balaban J connectivity index is 1.68. The van der Waals surface area contributed by atoms with Crippen LogP contribution in [-0.2, 0) is 0 Å². The molecule has 2 aromatic carbocycles. The number of nitriles is 2. The van der Waals surface area contributed by atoms with Crippen molar-refractivity contribution in [2.45, 2.75) is 26.8 Å². The summed E-state index contributed by atoms with van der Waals surface area (Å²) in [5.41, 5.74) is 1.94. The van der Waals surface area contributed by atoms with Gasteiger partial charge in [-0.3, -0.25) is 4.79 Å². The van der Waals surface area contributed by atoms with Crippen LogP contribution >= 0.6 is 0 Å². The van der Waals surface area contributed by atoms with Crippen LogP contribution in [0.3, 0.4) is 0 Å². The lowest BCUT2D eigenvalue weighted by molar-refractivity contribution is 0.0862. The molecule has 164 valence electrons. The second kappa shape index (κ2) is 9.53. The van der Waals surface area contributed by atoms with Crippen molar-refractivity contribution >= 4 is 17.5 Å². The first-order valence-electron chi connectivity index (χ1n) is 10.6. The minimum Gasteiger partial charge on any atom is -0.367 e. The highest BCUT2D eigenvalue weighted by Gasteiger charge is 2.35. The standard InChI is InChI=1S/C25H27N5O2/c1-25(2,3)23(22(31)19-10-8-18(16-26)9-11-19)28-24(32)30-14-12-29(13-15-30)21-7-5-4-6-20(21)17-27/h4-11,23H,12-15H2,1-3H3,(H,28,32). The average molecular weight is 430 g/mol. The molecule has 1 aliphatic rings. The maximum atomic E-state index is 13.2. The zero-order valence-corrected chi connectivity index (χ0v) is 18.6. The van der Waals surface area contributed by atoms with Gasteiger partial charge in [0.2, 0.25) is 0 Å². The number of carbonyl (C=O) groups is 2. The highest BCUT2D eigenvalue weighted by atomic mass is 16.2. The Bertz CT molecular complexity index is 1070. The van der Waals surface area contributed by atoms with Gasteiger partial charge >= 0.3 is 6.03 Å². The Kier molecular flexibility index (Phi) is 6.80. The molecule has 2 aromatic rings. The number of Topliss-reactive ketones (excluding diaryl/α,β-unsaturated/α-hetero) is 1. The third-order valence-corrected chi connectivity index (χ3v) is 5.63. The van der Waals surface area contributed by atoms with Crippen LogP contribution in [0.4, 0.5) is 10.5 Å². The molecule has 0 aromatic heterocycles. The monoisotopic (exact) mass is 429 g/mol. The molecule has 32 heavy (non-hydrogen) atoms. The summed E-state index contributed by atoms with van der Waals surface area (Å²) in [7, 11) is 0. The molecule has 1 N–H and O–H groups in total. The summed E-state index contributed by atoms with van der Waals surface area (Å²) >= 11 is 0. The molecule has 1 unspecified atom stereocenters. The third kappa shape index (κ3) is 5.07. The van der Waals surface area contributed by atoms with Gasteiger partial charge in [-0.05, 0) is 29.7 Å². The normalized spacial score (nSPS) is 14.8. The third-order valence-electron chi connectivity index (χ3n) is 5.63. The van der Waals surface area contributed by atoms with Crippen LogP contribution in [0.5, 0.6) is 0 Å². The fourth-order valence-electron chi connectivity index (χ4n) is 3.76. The molecule has 1 aliphatic heterocycles. The van der Waals surface area contributed by atoms with E-state index in [9.17, 15) is 14.9 Å². The first-order valence-corrected chi connectivity index (χ1v) is 10.6. The van der Waals surface area contributed by atoms with E-state index >= 15 is 0 Å². The van der Waals surface area contributed by atoms with Gasteiger partial charge in [-0.25, -0.2) is 4.79 Å². The number of rotatable bonds is 4. The van der Waals surface area contributed by atoms with Gasteiger partial charge in [0.25, 0.3) is 0 Å². The van der Waals surface area contributed by atoms with Gasteiger partial charge in [-0.15, -0.1) is 0 Å². The fraction of sp³-hybridized carbons (Fsp3) is 0.360. The van der Waals surface area contributed by atoms with Gasteiger partial charge < -0.3 is 15.1 Å². The molecule has 0 aliphatic carbocycles. The Labute approximate surface area is 188 Å². The summed E-state index contributed by atoms with van der Waals surface area (Å²) in [6, 6.07) is 17.2. The maximum absolute atomic E-state index is 13.2. The first-order chi connectivity index (χ1) is 15.2. The van der Waals surface area contributed by atoms with Crippen LogP contribution in [0.25, 0.3) is 0 Å². The lowest BCUT2D eigenvalue weighted by Gasteiger charge is -2.38. The highest BCUT2D eigenvalue weighted by Crippen LogP contribution is 2.24. The number of carbonyl (C=O) groups excluding carboxylic acids is 2. The summed E-state index contributed by atoms with van der Waals surface area (Å²) in [5.74, 6) is -0.183. The number of para-hydroxylation sites is 1. The number of amides is 2. The lowest BCUT2D eigenvalue weighted by atomic mass is 9.82. The summed E-state index contributed by atoms with van der Waals surface area (Å²) in [5, 5.41) is 21.2. The van der Waals surface area contributed by atoms with Crippen molar-refractivity contribution in [1.29, 1.82) is 10.5 Å². The number of nitrogens with zero attached hydrogens (tertiary/aromatic N) is 4. The molecule has 7 heteroatoms.